The third-order valence-electron chi connectivity index (χ3n) is 3.65. The van der Waals surface area contributed by atoms with E-state index in [2.05, 4.69) is 52.5 Å². The SMILES string of the molecule is c1csc(-c2ccc3c(n2)N[C@H](c2cccs2)CC3)c1. The number of fused-ring (bicyclic) bond motifs is 1. The molecule has 0 amide bonds. The molecule has 0 radical (unpaired) electrons. The smallest absolute Gasteiger partial charge is 0.130 e. The number of aromatic nitrogens is 1. The van der Waals surface area contributed by atoms with Gasteiger partial charge < -0.3 is 5.32 Å². The highest BCUT2D eigenvalue weighted by molar-refractivity contribution is 7.13. The van der Waals surface area contributed by atoms with E-state index < -0.39 is 0 Å². The van der Waals surface area contributed by atoms with Crippen LogP contribution in [0.15, 0.2) is 47.2 Å². The van der Waals surface area contributed by atoms with Gasteiger partial charge in [-0.1, -0.05) is 18.2 Å². The average Bonchev–Trinajstić information content (AvgIpc) is 3.19. The molecule has 4 heteroatoms. The van der Waals surface area contributed by atoms with Gasteiger partial charge in [-0.2, -0.15) is 0 Å². The molecular weight excluding hydrogens is 284 g/mol. The normalized spacial score (nSPS) is 17.5. The van der Waals surface area contributed by atoms with Gasteiger partial charge in [-0.25, -0.2) is 4.98 Å². The van der Waals surface area contributed by atoms with Crippen molar-refractivity contribution in [1.82, 2.24) is 4.98 Å². The van der Waals surface area contributed by atoms with Crippen molar-refractivity contribution in [3.8, 4) is 10.6 Å². The van der Waals surface area contributed by atoms with Crippen molar-refractivity contribution < 1.29 is 0 Å². The molecule has 2 nitrogen and oxygen atoms in total. The Morgan fingerprint density at radius 2 is 1.95 bits per heavy atom. The molecule has 1 aliphatic rings. The molecule has 0 aromatic carbocycles. The van der Waals surface area contributed by atoms with E-state index in [1.807, 2.05) is 11.3 Å². The minimum absolute atomic E-state index is 0.411. The van der Waals surface area contributed by atoms with Crippen molar-refractivity contribution in [3.05, 3.63) is 57.6 Å². The first-order chi connectivity index (χ1) is 9.90. The Morgan fingerprint density at radius 3 is 2.75 bits per heavy atom. The molecule has 1 atom stereocenters. The van der Waals surface area contributed by atoms with Crippen molar-refractivity contribution in [2.45, 2.75) is 18.9 Å². The molecule has 0 fully saturated rings. The lowest BCUT2D eigenvalue weighted by atomic mass is 9.99. The Morgan fingerprint density at radius 1 is 1.05 bits per heavy atom. The van der Waals surface area contributed by atoms with Crippen molar-refractivity contribution in [3.63, 3.8) is 0 Å². The van der Waals surface area contributed by atoms with Gasteiger partial charge in [0.25, 0.3) is 0 Å². The molecule has 1 aliphatic heterocycles. The maximum absolute atomic E-state index is 4.82. The van der Waals surface area contributed by atoms with Crippen molar-refractivity contribution in [2.24, 2.45) is 0 Å². The summed E-state index contributed by atoms with van der Waals surface area (Å²) in [5.74, 6) is 1.06. The minimum atomic E-state index is 0.411. The van der Waals surface area contributed by atoms with Crippen LogP contribution < -0.4 is 5.32 Å². The fraction of sp³-hybridized carbons (Fsp3) is 0.188. The Labute approximate surface area is 126 Å². The Hall–Kier alpha value is -1.65. The molecule has 3 aromatic rings. The quantitative estimate of drug-likeness (QED) is 0.722. The summed E-state index contributed by atoms with van der Waals surface area (Å²) in [5.41, 5.74) is 2.40. The van der Waals surface area contributed by atoms with Crippen molar-refractivity contribution in [2.75, 3.05) is 5.32 Å². The first kappa shape index (κ1) is 12.1. The summed E-state index contributed by atoms with van der Waals surface area (Å²) in [7, 11) is 0. The van der Waals surface area contributed by atoms with Crippen LogP contribution in [-0.4, -0.2) is 4.98 Å². The van der Waals surface area contributed by atoms with Crippen LogP contribution in [0.2, 0.25) is 0 Å². The van der Waals surface area contributed by atoms with E-state index in [1.54, 1.807) is 11.3 Å². The Kier molecular flexibility index (Phi) is 3.05. The van der Waals surface area contributed by atoms with Gasteiger partial charge in [0.05, 0.1) is 16.6 Å². The summed E-state index contributed by atoms with van der Waals surface area (Å²) >= 11 is 3.55. The summed E-state index contributed by atoms with van der Waals surface area (Å²) < 4.78 is 0. The highest BCUT2D eigenvalue weighted by Gasteiger charge is 2.21. The molecule has 0 bridgehead atoms. The summed E-state index contributed by atoms with van der Waals surface area (Å²) in [5, 5.41) is 7.84. The maximum Gasteiger partial charge on any atom is 0.130 e. The second-order valence-electron chi connectivity index (χ2n) is 4.93. The summed E-state index contributed by atoms with van der Waals surface area (Å²) in [6.07, 6.45) is 2.25. The highest BCUT2D eigenvalue weighted by Crippen LogP contribution is 2.35. The zero-order valence-corrected chi connectivity index (χ0v) is 12.5. The lowest BCUT2D eigenvalue weighted by Crippen LogP contribution is -2.18. The zero-order chi connectivity index (χ0) is 13.4. The predicted octanol–water partition coefficient (Wildman–Crippen LogP) is 4.97. The number of nitrogens with zero attached hydrogens (tertiary/aromatic N) is 1. The monoisotopic (exact) mass is 298 g/mol. The van der Waals surface area contributed by atoms with Crippen LogP contribution in [0.1, 0.15) is 22.9 Å². The molecule has 4 heterocycles. The lowest BCUT2D eigenvalue weighted by molar-refractivity contribution is 0.671. The van der Waals surface area contributed by atoms with Crippen LogP contribution in [0.25, 0.3) is 10.6 Å². The number of thiophene rings is 2. The molecule has 0 aliphatic carbocycles. The molecule has 0 spiro atoms. The fourth-order valence-corrected chi connectivity index (χ4v) is 4.12. The van der Waals surface area contributed by atoms with Crippen LogP contribution >= 0.6 is 22.7 Å². The largest absolute Gasteiger partial charge is 0.362 e. The third kappa shape index (κ3) is 2.15. The number of hydrogen-bond donors (Lipinski definition) is 1. The Bertz CT molecular complexity index is 702. The second-order valence-corrected chi connectivity index (χ2v) is 6.86. The van der Waals surface area contributed by atoms with E-state index in [-0.39, 0.29) is 0 Å². The Balaban J connectivity index is 1.68. The zero-order valence-electron chi connectivity index (χ0n) is 10.9. The van der Waals surface area contributed by atoms with Gasteiger partial charge in [-0.05, 0) is 47.4 Å². The van der Waals surface area contributed by atoms with Crippen LogP contribution in [0.3, 0.4) is 0 Å². The van der Waals surface area contributed by atoms with E-state index in [0.717, 1.165) is 24.4 Å². The predicted molar refractivity (Wildman–Crippen MR) is 86.6 cm³/mol. The number of nitrogens with one attached hydrogen (secondary N) is 1. The molecule has 1 N–H and O–H groups in total. The van der Waals surface area contributed by atoms with E-state index in [0.29, 0.717) is 6.04 Å². The number of hydrogen-bond acceptors (Lipinski definition) is 4. The molecule has 4 rings (SSSR count). The summed E-state index contributed by atoms with van der Waals surface area (Å²) in [4.78, 5) is 7.45. The van der Waals surface area contributed by atoms with Gasteiger partial charge in [0.1, 0.15) is 5.82 Å². The van der Waals surface area contributed by atoms with E-state index >= 15 is 0 Å². The second kappa shape index (κ2) is 5.04. The van der Waals surface area contributed by atoms with Gasteiger partial charge in [-0.3, -0.25) is 0 Å². The molecule has 0 saturated carbocycles. The van der Waals surface area contributed by atoms with E-state index in [1.165, 1.54) is 15.3 Å². The van der Waals surface area contributed by atoms with Gasteiger partial charge in [-0.15, -0.1) is 22.7 Å². The van der Waals surface area contributed by atoms with Gasteiger partial charge >= 0.3 is 0 Å². The van der Waals surface area contributed by atoms with Crippen LogP contribution in [0.4, 0.5) is 5.82 Å². The van der Waals surface area contributed by atoms with Crippen molar-refractivity contribution >= 4 is 28.5 Å². The molecule has 0 saturated heterocycles. The number of pyridine rings is 1. The van der Waals surface area contributed by atoms with Gasteiger partial charge in [0.15, 0.2) is 0 Å². The molecule has 3 aromatic heterocycles. The highest BCUT2D eigenvalue weighted by atomic mass is 32.1. The third-order valence-corrected chi connectivity index (χ3v) is 5.53. The first-order valence-corrected chi connectivity index (χ1v) is 8.50. The van der Waals surface area contributed by atoms with Gasteiger partial charge in [0, 0.05) is 4.88 Å². The molecular formula is C16H14N2S2. The van der Waals surface area contributed by atoms with Crippen molar-refractivity contribution in [1.29, 1.82) is 0 Å². The van der Waals surface area contributed by atoms with E-state index in [9.17, 15) is 0 Å². The molecule has 0 unspecified atom stereocenters. The lowest BCUT2D eigenvalue weighted by Gasteiger charge is -2.25. The van der Waals surface area contributed by atoms with E-state index in [4.69, 9.17) is 4.98 Å². The number of anilines is 1. The number of rotatable bonds is 2. The minimum Gasteiger partial charge on any atom is -0.362 e. The summed E-state index contributed by atoms with van der Waals surface area (Å²) in [6, 6.07) is 13.3. The first-order valence-electron chi connectivity index (χ1n) is 6.74. The topological polar surface area (TPSA) is 24.9 Å². The maximum atomic E-state index is 4.82. The standard InChI is InChI=1S/C16H14N2S2/c1-3-14(19-9-1)12-7-5-11-6-8-13(18-16(11)17-12)15-4-2-10-20-15/h1-5,7,9-10,13H,6,8H2,(H,17,18)/t13-/m0/s1. The number of aryl methyl sites for hydroxylation is 1. The van der Waals surface area contributed by atoms with Crippen LogP contribution in [0.5, 0.6) is 0 Å². The van der Waals surface area contributed by atoms with Crippen LogP contribution in [0, 0.1) is 0 Å². The average molecular weight is 298 g/mol. The fourth-order valence-electron chi connectivity index (χ4n) is 2.62. The summed E-state index contributed by atoms with van der Waals surface area (Å²) in [6.45, 7) is 0. The molecule has 20 heavy (non-hydrogen) atoms. The van der Waals surface area contributed by atoms with Gasteiger partial charge in [0.2, 0.25) is 0 Å². The van der Waals surface area contributed by atoms with Crippen LogP contribution in [-0.2, 0) is 6.42 Å². The molecule has 100 valence electrons.